The molecular formula is C21H17NO4S. The molecule has 0 fully saturated rings. The van der Waals surface area contributed by atoms with Gasteiger partial charge in [-0.3, -0.25) is 4.79 Å². The molecule has 2 heterocycles. The quantitative estimate of drug-likeness (QED) is 0.490. The molecule has 0 aliphatic heterocycles. The number of carbonyl (C=O) groups excluding carboxylic acids is 2. The lowest BCUT2D eigenvalue weighted by Gasteiger charge is -2.06. The van der Waals surface area contributed by atoms with Gasteiger partial charge in [-0.25, -0.2) is 4.79 Å². The van der Waals surface area contributed by atoms with Crippen LogP contribution in [0.15, 0.2) is 46.9 Å². The Kier molecular flexibility index (Phi) is 4.20. The second-order valence-corrected chi connectivity index (χ2v) is 7.47. The number of thiophene rings is 1. The van der Waals surface area contributed by atoms with E-state index in [4.69, 9.17) is 9.15 Å². The first-order valence-electron chi connectivity index (χ1n) is 8.40. The summed E-state index contributed by atoms with van der Waals surface area (Å²) in [5, 5.41) is 5.19. The van der Waals surface area contributed by atoms with Crippen molar-refractivity contribution >= 4 is 50.2 Å². The fraction of sp³-hybridized carbons (Fsp3) is 0.143. The number of carbonyl (C=O) groups is 2. The number of fused-ring (bicyclic) bond motifs is 3. The molecule has 2 aromatic carbocycles. The van der Waals surface area contributed by atoms with Gasteiger partial charge in [0.1, 0.15) is 16.2 Å². The largest absolute Gasteiger partial charge is 0.465 e. The van der Waals surface area contributed by atoms with Gasteiger partial charge >= 0.3 is 5.97 Å². The van der Waals surface area contributed by atoms with Crippen LogP contribution < -0.4 is 5.32 Å². The van der Waals surface area contributed by atoms with Crippen LogP contribution >= 0.6 is 11.3 Å². The van der Waals surface area contributed by atoms with Gasteiger partial charge in [0.15, 0.2) is 0 Å². The Hall–Kier alpha value is -3.12. The van der Waals surface area contributed by atoms with Crippen molar-refractivity contribution in [3.8, 4) is 0 Å². The Morgan fingerprint density at radius 3 is 2.56 bits per heavy atom. The Bertz CT molecular complexity index is 1200. The molecule has 0 aliphatic rings. The predicted molar refractivity (Wildman–Crippen MR) is 107 cm³/mol. The van der Waals surface area contributed by atoms with Gasteiger partial charge in [-0.1, -0.05) is 18.2 Å². The van der Waals surface area contributed by atoms with Crippen molar-refractivity contribution in [3.05, 3.63) is 64.0 Å². The molecule has 6 heteroatoms. The third kappa shape index (κ3) is 2.88. The summed E-state index contributed by atoms with van der Waals surface area (Å²) in [6.45, 7) is 3.75. The van der Waals surface area contributed by atoms with Crippen molar-refractivity contribution < 1.29 is 18.7 Å². The fourth-order valence-electron chi connectivity index (χ4n) is 3.11. The van der Waals surface area contributed by atoms with E-state index in [2.05, 4.69) is 5.32 Å². The number of amides is 1. The first-order valence-corrected chi connectivity index (χ1v) is 9.22. The van der Waals surface area contributed by atoms with E-state index in [0.29, 0.717) is 16.1 Å². The standard InChI is InChI=1S/C21H17NO4S/c1-11-12(2)27-20(18(11)21(24)25-3)22-19(23)13-8-9-17-15(10-13)14-6-4-5-7-16(14)26-17/h4-10H,1-3H3,(H,22,23). The molecule has 2 aromatic heterocycles. The van der Waals surface area contributed by atoms with E-state index in [-0.39, 0.29) is 5.91 Å². The first kappa shape index (κ1) is 17.3. The zero-order valence-electron chi connectivity index (χ0n) is 15.1. The minimum Gasteiger partial charge on any atom is -0.465 e. The number of furan rings is 1. The highest BCUT2D eigenvalue weighted by molar-refractivity contribution is 7.16. The van der Waals surface area contributed by atoms with Crippen LogP contribution in [0.4, 0.5) is 5.00 Å². The van der Waals surface area contributed by atoms with Crippen molar-refractivity contribution in [1.29, 1.82) is 0 Å². The Balaban J connectivity index is 1.73. The molecule has 1 amide bonds. The van der Waals surface area contributed by atoms with Crippen LogP contribution in [0.1, 0.15) is 31.2 Å². The lowest BCUT2D eigenvalue weighted by Crippen LogP contribution is -2.14. The van der Waals surface area contributed by atoms with E-state index in [0.717, 1.165) is 32.4 Å². The summed E-state index contributed by atoms with van der Waals surface area (Å²) in [6, 6.07) is 13.0. The number of ether oxygens (including phenoxy) is 1. The van der Waals surface area contributed by atoms with Crippen LogP contribution in [0, 0.1) is 13.8 Å². The van der Waals surface area contributed by atoms with E-state index in [1.165, 1.54) is 18.4 Å². The van der Waals surface area contributed by atoms with E-state index >= 15 is 0 Å². The van der Waals surface area contributed by atoms with Crippen LogP contribution in [0.5, 0.6) is 0 Å². The number of anilines is 1. The second-order valence-electron chi connectivity index (χ2n) is 6.24. The number of benzene rings is 2. The minimum absolute atomic E-state index is 0.284. The summed E-state index contributed by atoms with van der Waals surface area (Å²) in [7, 11) is 1.33. The second kappa shape index (κ2) is 6.55. The topological polar surface area (TPSA) is 68.5 Å². The molecule has 27 heavy (non-hydrogen) atoms. The molecule has 136 valence electrons. The van der Waals surface area contributed by atoms with Crippen LogP contribution in [-0.4, -0.2) is 19.0 Å². The smallest absolute Gasteiger partial charge is 0.341 e. The van der Waals surface area contributed by atoms with Gasteiger partial charge < -0.3 is 14.5 Å². The van der Waals surface area contributed by atoms with Gasteiger partial charge in [0.2, 0.25) is 0 Å². The zero-order valence-corrected chi connectivity index (χ0v) is 15.9. The molecule has 0 saturated heterocycles. The number of hydrogen-bond donors (Lipinski definition) is 1. The third-order valence-corrected chi connectivity index (χ3v) is 5.76. The molecule has 0 aliphatic carbocycles. The summed E-state index contributed by atoms with van der Waals surface area (Å²) in [5.41, 5.74) is 3.23. The van der Waals surface area contributed by atoms with Crippen LogP contribution in [0.2, 0.25) is 0 Å². The van der Waals surface area contributed by atoms with E-state index in [1.54, 1.807) is 12.1 Å². The fourth-order valence-corrected chi connectivity index (χ4v) is 4.15. The molecule has 4 aromatic rings. The van der Waals surface area contributed by atoms with Gasteiger partial charge in [-0.05, 0) is 43.7 Å². The maximum atomic E-state index is 12.8. The maximum absolute atomic E-state index is 12.8. The third-order valence-electron chi connectivity index (χ3n) is 4.64. The molecular weight excluding hydrogens is 362 g/mol. The molecule has 5 nitrogen and oxygen atoms in total. The monoisotopic (exact) mass is 379 g/mol. The van der Waals surface area contributed by atoms with Crippen molar-refractivity contribution in [3.63, 3.8) is 0 Å². The average molecular weight is 379 g/mol. The highest BCUT2D eigenvalue weighted by Crippen LogP contribution is 2.34. The number of nitrogens with one attached hydrogen (secondary N) is 1. The summed E-state index contributed by atoms with van der Waals surface area (Å²) in [4.78, 5) is 25.9. The summed E-state index contributed by atoms with van der Waals surface area (Å²) >= 11 is 1.36. The normalized spacial score (nSPS) is 11.1. The van der Waals surface area contributed by atoms with Crippen molar-refractivity contribution in [2.75, 3.05) is 12.4 Å². The predicted octanol–water partition coefficient (Wildman–Crippen LogP) is 5.30. The maximum Gasteiger partial charge on any atom is 0.341 e. The SMILES string of the molecule is COC(=O)c1c(NC(=O)c2ccc3oc4ccccc4c3c2)sc(C)c1C. The molecule has 1 N–H and O–H groups in total. The van der Waals surface area contributed by atoms with Gasteiger partial charge in [-0.15, -0.1) is 11.3 Å². The van der Waals surface area contributed by atoms with Crippen molar-refractivity contribution in [1.82, 2.24) is 0 Å². The molecule has 4 rings (SSSR count). The van der Waals surface area contributed by atoms with Gasteiger partial charge in [0.25, 0.3) is 5.91 Å². The Labute approximate surface area is 159 Å². The number of rotatable bonds is 3. The molecule has 0 spiro atoms. The lowest BCUT2D eigenvalue weighted by atomic mass is 10.1. The highest BCUT2D eigenvalue weighted by Gasteiger charge is 2.22. The van der Waals surface area contributed by atoms with Crippen molar-refractivity contribution in [2.24, 2.45) is 0 Å². The number of methoxy groups -OCH3 is 1. The Morgan fingerprint density at radius 2 is 1.78 bits per heavy atom. The zero-order chi connectivity index (χ0) is 19.1. The molecule has 0 unspecified atom stereocenters. The van der Waals surface area contributed by atoms with Crippen molar-refractivity contribution in [2.45, 2.75) is 13.8 Å². The van der Waals surface area contributed by atoms with Crippen LogP contribution in [-0.2, 0) is 4.74 Å². The summed E-state index contributed by atoms with van der Waals surface area (Å²) in [6.07, 6.45) is 0. The van der Waals surface area contributed by atoms with Gasteiger partial charge in [0.05, 0.1) is 12.7 Å². The highest BCUT2D eigenvalue weighted by atomic mass is 32.1. The summed E-state index contributed by atoms with van der Waals surface area (Å²) in [5.74, 6) is -0.739. The number of esters is 1. The molecule has 0 bridgehead atoms. The molecule has 0 atom stereocenters. The number of hydrogen-bond acceptors (Lipinski definition) is 5. The Morgan fingerprint density at radius 1 is 1.04 bits per heavy atom. The van der Waals surface area contributed by atoms with Crippen LogP contribution in [0.25, 0.3) is 21.9 Å². The van der Waals surface area contributed by atoms with Gasteiger partial charge in [-0.2, -0.15) is 0 Å². The van der Waals surface area contributed by atoms with Crippen LogP contribution in [0.3, 0.4) is 0 Å². The lowest BCUT2D eigenvalue weighted by molar-refractivity contribution is 0.0601. The minimum atomic E-state index is -0.455. The number of aryl methyl sites for hydroxylation is 1. The van der Waals surface area contributed by atoms with Gasteiger partial charge in [0, 0.05) is 21.2 Å². The first-order chi connectivity index (χ1) is 13.0. The number of para-hydroxylation sites is 1. The van der Waals surface area contributed by atoms with E-state index in [1.807, 2.05) is 44.2 Å². The van der Waals surface area contributed by atoms with E-state index < -0.39 is 5.97 Å². The molecule has 0 saturated carbocycles. The summed E-state index contributed by atoms with van der Waals surface area (Å²) < 4.78 is 10.7. The molecule has 0 radical (unpaired) electrons. The van der Waals surface area contributed by atoms with E-state index in [9.17, 15) is 9.59 Å². The average Bonchev–Trinajstić information content (AvgIpc) is 3.18.